The molecule has 4 heteroatoms. The van der Waals surface area contributed by atoms with Gasteiger partial charge in [-0.25, -0.2) is 0 Å². The highest BCUT2D eigenvalue weighted by Gasteiger charge is 2.30. The fourth-order valence-electron chi connectivity index (χ4n) is 3.84. The van der Waals surface area contributed by atoms with E-state index in [2.05, 4.69) is 50.1 Å². The van der Waals surface area contributed by atoms with Crippen LogP contribution in [0.1, 0.15) is 119 Å². The Bertz CT molecular complexity index is 470. The zero-order chi connectivity index (χ0) is 21.5. The summed E-state index contributed by atoms with van der Waals surface area (Å²) in [6, 6.07) is 4.68. The van der Waals surface area contributed by atoms with Gasteiger partial charge in [-0.05, 0) is 38.5 Å². The second kappa shape index (κ2) is 14.6. The Balaban J connectivity index is 4.74. The van der Waals surface area contributed by atoms with Gasteiger partial charge in [-0.15, -0.1) is 0 Å². The van der Waals surface area contributed by atoms with Crippen molar-refractivity contribution in [1.29, 1.82) is 10.5 Å². The zero-order valence-electron chi connectivity index (χ0n) is 19.4. The van der Waals surface area contributed by atoms with Crippen molar-refractivity contribution in [2.75, 3.05) is 0 Å². The summed E-state index contributed by atoms with van der Waals surface area (Å²) < 4.78 is 0. The lowest BCUT2D eigenvalue weighted by atomic mass is 9.87. The highest BCUT2D eigenvalue weighted by Crippen LogP contribution is 2.29. The maximum absolute atomic E-state index is 9.68. The van der Waals surface area contributed by atoms with E-state index >= 15 is 0 Å². The molecule has 4 atom stereocenters. The molecule has 160 valence electrons. The summed E-state index contributed by atoms with van der Waals surface area (Å²) in [7, 11) is 0. The summed E-state index contributed by atoms with van der Waals surface area (Å²) in [5.41, 5.74) is -1.68. The van der Waals surface area contributed by atoms with Gasteiger partial charge in [-0.2, -0.15) is 20.8 Å². The number of nitriles is 2. The van der Waals surface area contributed by atoms with E-state index in [1.807, 2.05) is 13.8 Å². The predicted octanol–water partition coefficient (Wildman–Crippen LogP) is 8.00. The Morgan fingerprint density at radius 2 is 1.04 bits per heavy atom. The molecule has 28 heavy (non-hydrogen) atoms. The van der Waals surface area contributed by atoms with Crippen molar-refractivity contribution < 1.29 is 0 Å². The smallest absolute Gasteiger partial charge is 0.165 e. The molecule has 0 bridgehead atoms. The predicted molar refractivity (Wildman–Crippen MR) is 118 cm³/mol. The van der Waals surface area contributed by atoms with Crippen molar-refractivity contribution in [3.05, 3.63) is 0 Å². The van der Waals surface area contributed by atoms with Gasteiger partial charge >= 0.3 is 0 Å². The van der Waals surface area contributed by atoms with Crippen LogP contribution in [0.25, 0.3) is 0 Å². The number of hydrogen-bond donors (Lipinski definition) is 0. The summed E-state index contributed by atoms with van der Waals surface area (Å²) in [4.78, 5) is 0. The highest BCUT2D eigenvalue weighted by atomic mass is 15.2. The molecule has 0 aliphatic heterocycles. The van der Waals surface area contributed by atoms with Crippen LogP contribution in [0, 0.1) is 34.5 Å². The molecule has 0 saturated carbocycles. The lowest BCUT2D eigenvalue weighted by Gasteiger charge is -2.24. The molecule has 0 aromatic heterocycles. The van der Waals surface area contributed by atoms with E-state index in [-0.39, 0.29) is 0 Å². The maximum Gasteiger partial charge on any atom is 0.165 e. The van der Waals surface area contributed by atoms with Gasteiger partial charge < -0.3 is 0 Å². The van der Waals surface area contributed by atoms with E-state index in [0.29, 0.717) is 24.7 Å². The van der Waals surface area contributed by atoms with Crippen LogP contribution in [-0.2, 0) is 0 Å². The molecule has 0 aliphatic carbocycles. The fraction of sp³-hybridized carbons (Fsp3) is 0.917. The first kappa shape index (κ1) is 26.6. The molecule has 0 radical (unpaired) electrons. The Morgan fingerprint density at radius 1 is 0.679 bits per heavy atom. The molecule has 4 nitrogen and oxygen atoms in total. The average molecular weight is 389 g/mol. The average Bonchev–Trinajstić information content (AvgIpc) is 2.67. The second-order valence-electron chi connectivity index (χ2n) is 9.29. The van der Waals surface area contributed by atoms with Crippen molar-refractivity contribution >= 4 is 0 Å². The zero-order valence-corrected chi connectivity index (χ0v) is 19.4. The van der Waals surface area contributed by atoms with Gasteiger partial charge in [-0.3, -0.25) is 0 Å². The van der Waals surface area contributed by atoms with Crippen molar-refractivity contribution in [1.82, 2.24) is 0 Å². The van der Waals surface area contributed by atoms with Gasteiger partial charge in [0.25, 0.3) is 0 Å². The third kappa shape index (κ3) is 12.1. The minimum Gasteiger partial charge on any atom is -0.196 e. The summed E-state index contributed by atoms with van der Waals surface area (Å²) in [6.07, 6.45) is 13.6. The minimum atomic E-state index is -0.841. The lowest BCUT2D eigenvalue weighted by molar-refractivity contribution is 0.344. The Kier molecular flexibility index (Phi) is 13.8. The van der Waals surface area contributed by atoms with Crippen molar-refractivity contribution in [3.63, 3.8) is 0 Å². The van der Waals surface area contributed by atoms with Crippen LogP contribution >= 0.6 is 0 Å². The number of unbranched alkanes of at least 4 members (excludes halogenated alkanes) is 6. The van der Waals surface area contributed by atoms with E-state index < -0.39 is 11.1 Å². The lowest BCUT2D eigenvalue weighted by Crippen LogP contribution is -2.27. The van der Waals surface area contributed by atoms with Crippen LogP contribution < -0.4 is 0 Å². The van der Waals surface area contributed by atoms with Crippen molar-refractivity contribution in [2.24, 2.45) is 22.1 Å². The molecule has 0 aromatic rings. The summed E-state index contributed by atoms with van der Waals surface area (Å²) in [5.74, 6) is 0.873. The normalized spacial score (nSPS) is 18.0. The largest absolute Gasteiger partial charge is 0.196 e. The third-order valence-electron chi connectivity index (χ3n) is 5.57. The molecule has 4 unspecified atom stereocenters. The van der Waals surface area contributed by atoms with Gasteiger partial charge in [-0.1, -0.05) is 91.9 Å². The molecule has 0 spiro atoms. The maximum atomic E-state index is 9.68. The molecule has 0 amide bonds. The molecule has 0 aliphatic rings. The molecule has 0 saturated heterocycles. The van der Waals surface area contributed by atoms with Gasteiger partial charge in [0.15, 0.2) is 11.1 Å². The van der Waals surface area contributed by atoms with Crippen LogP contribution in [0.15, 0.2) is 10.2 Å². The van der Waals surface area contributed by atoms with Gasteiger partial charge in [0.2, 0.25) is 0 Å². The van der Waals surface area contributed by atoms with Crippen molar-refractivity contribution in [2.45, 2.75) is 130 Å². The first-order valence-corrected chi connectivity index (χ1v) is 11.5. The summed E-state index contributed by atoms with van der Waals surface area (Å²) >= 11 is 0. The Morgan fingerprint density at radius 3 is 1.32 bits per heavy atom. The standard InChI is InChI=1S/C24H44N4/c1-7-9-11-13-15-21(3)17-23(5,19-25)27-28-24(6,20-26)18-22(4)16-14-12-10-8-2/h21-22H,7-18H2,1-6H3. The van der Waals surface area contributed by atoms with Crippen LogP contribution in [0.5, 0.6) is 0 Å². The topological polar surface area (TPSA) is 72.3 Å². The van der Waals surface area contributed by atoms with E-state index in [1.54, 1.807) is 0 Å². The number of azo groups is 1. The first-order valence-electron chi connectivity index (χ1n) is 11.5. The monoisotopic (exact) mass is 388 g/mol. The SMILES string of the molecule is CCCCCCC(C)CC(C)(C#N)N=NC(C)(C#N)CC(C)CCCCCC. The van der Waals surface area contributed by atoms with Crippen LogP contribution in [0.2, 0.25) is 0 Å². The highest BCUT2D eigenvalue weighted by molar-refractivity contribution is 5.08. The van der Waals surface area contributed by atoms with Crippen LogP contribution in [-0.4, -0.2) is 11.1 Å². The molecule has 0 aromatic carbocycles. The quantitative estimate of drug-likeness (QED) is 0.198. The summed E-state index contributed by atoms with van der Waals surface area (Å²) in [5, 5.41) is 28.2. The van der Waals surface area contributed by atoms with Gasteiger partial charge in [0, 0.05) is 0 Å². The van der Waals surface area contributed by atoms with E-state index in [1.165, 1.54) is 51.4 Å². The van der Waals surface area contributed by atoms with Crippen LogP contribution in [0.4, 0.5) is 0 Å². The first-order chi connectivity index (χ1) is 13.2. The number of hydrogen-bond acceptors (Lipinski definition) is 4. The van der Waals surface area contributed by atoms with E-state index in [9.17, 15) is 10.5 Å². The van der Waals surface area contributed by atoms with Crippen molar-refractivity contribution in [3.8, 4) is 12.1 Å². The van der Waals surface area contributed by atoms with Gasteiger partial charge in [0.05, 0.1) is 12.1 Å². The minimum absolute atomic E-state index is 0.436. The molecule has 0 rings (SSSR count). The molecular weight excluding hydrogens is 344 g/mol. The molecule has 0 N–H and O–H groups in total. The fourth-order valence-corrected chi connectivity index (χ4v) is 3.84. The molecular formula is C24H44N4. The number of rotatable bonds is 16. The second-order valence-corrected chi connectivity index (χ2v) is 9.29. The number of nitrogens with zero attached hydrogens (tertiary/aromatic N) is 4. The molecule has 0 fully saturated rings. The third-order valence-corrected chi connectivity index (χ3v) is 5.57. The van der Waals surface area contributed by atoms with Gasteiger partial charge in [0.1, 0.15) is 0 Å². The molecule has 0 heterocycles. The van der Waals surface area contributed by atoms with Crippen LogP contribution in [0.3, 0.4) is 0 Å². The Labute approximate surface area is 174 Å². The summed E-state index contributed by atoms with van der Waals surface area (Å²) in [6.45, 7) is 12.5. The Hall–Kier alpha value is -1.42. The van der Waals surface area contributed by atoms with E-state index in [4.69, 9.17) is 0 Å². The van der Waals surface area contributed by atoms with E-state index in [0.717, 1.165) is 12.8 Å².